The highest BCUT2D eigenvalue weighted by molar-refractivity contribution is 6.92. The predicted octanol–water partition coefficient (Wildman–Crippen LogP) is 0.837. The van der Waals surface area contributed by atoms with Gasteiger partial charge >= 0.3 is 0 Å². The molecular formula is C4H13OP. The van der Waals surface area contributed by atoms with Crippen LogP contribution in [0.5, 0.6) is 0 Å². The van der Waals surface area contributed by atoms with Crippen molar-refractivity contribution in [2.45, 2.75) is 19.8 Å². The molecule has 2 heteroatoms. The van der Waals surface area contributed by atoms with E-state index in [0.717, 1.165) is 12.8 Å². The van der Waals surface area contributed by atoms with E-state index in [0.29, 0.717) is 6.61 Å². The quantitative estimate of drug-likeness (QED) is 0.519. The summed E-state index contributed by atoms with van der Waals surface area (Å²) in [6.45, 7) is 2.40. The van der Waals surface area contributed by atoms with Crippen LogP contribution in [0.25, 0.3) is 0 Å². The van der Waals surface area contributed by atoms with Crippen LogP contribution in [-0.2, 0) is 0 Å². The largest absolute Gasteiger partial charge is 0.396 e. The standard InChI is InChI=1S/C4H10O.H3P/c1-2-3-4-5;/h5H,2-4H2,1H3;1H3. The van der Waals surface area contributed by atoms with Gasteiger partial charge in [0.2, 0.25) is 0 Å². The van der Waals surface area contributed by atoms with Crippen molar-refractivity contribution in [3.63, 3.8) is 0 Å². The van der Waals surface area contributed by atoms with Crippen LogP contribution >= 0.6 is 9.90 Å². The Labute approximate surface area is 42.4 Å². The van der Waals surface area contributed by atoms with Gasteiger partial charge in [0, 0.05) is 6.61 Å². The van der Waals surface area contributed by atoms with Crippen LogP contribution in [0.15, 0.2) is 0 Å². The number of aliphatic hydroxyl groups excluding tert-OH is 1. The second kappa shape index (κ2) is 9.04. The second-order valence-electron chi connectivity index (χ2n) is 1.08. The first-order valence-corrected chi connectivity index (χ1v) is 2.02. The van der Waals surface area contributed by atoms with E-state index in [-0.39, 0.29) is 9.90 Å². The Morgan fingerprint density at radius 3 is 2.00 bits per heavy atom. The smallest absolute Gasteiger partial charge is 0.0430 e. The van der Waals surface area contributed by atoms with Crippen LogP contribution in [0.2, 0.25) is 0 Å². The van der Waals surface area contributed by atoms with Crippen molar-refractivity contribution in [2.24, 2.45) is 0 Å². The van der Waals surface area contributed by atoms with E-state index < -0.39 is 0 Å². The Morgan fingerprint density at radius 2 is 2.00 bits per heavy atom. The SMILES string of the molecule is CCCCO.P. The van der Waals surface area contributed by atoms with Gasteiger partial charge in [0.1, 0.15) is 0 Å². The lowest BCUT2D eigenvalue weighted by molar-refractivity contribution is 0.287. The highest BCUT2D eigenvalue weighted by Gasteiger charge is 1.69. The number of unbranched alkanes of at least 4 members (excludes halogenated alkanes) is 1. The highest BCUT2D eigenvalue weighted by atomic mass is 31.0. The van der Waals surface area contributed by atoms with Crippen molar-refractivity contribution in [2.75, 3.05) is 6.61 Å². The average molecular weight is 108 g/mol. The van der Waals surface area contributed by atoms with Gasteiger partial charge in [-0.2, -0.15) is 9.90 Å². The zero-order chi connectivity index (χ0) is 4.12. The lowest BCUT2D eigenvalue weighted by atomic mass is 10.4. The van der Waals surface area contributed by atoms with E-state index in [1.54, 1.807) is 0 Å². The fourth-order valence-corrected chi connectivity index (χ4v) is 0.158. The Hall–Kier alpha value is 0.390. The molecule has 6 heavy (non-hydrogen) atoms. The summed E-state index contributed by atoms with van der Waals surface area (Å²) in [4.78, 5) is 0. The van der Waals surface area contributed by atoms with E-state index in [1.807, 2.05) is 0 Å². The van der Waals surface area contributed by atoms with Crippen molar-refractivity contribution in [3.05, 3.63) is 0 Å². The fourth-order valence-electron chi connectivity index (χ4n) is 0.158. The van der Waals surface area contributed by atoms with E-state index in [9.17, 15) is 0 Å². The molecule has 0 aliphatic carbocycles. The molecule has 0 aromatic heterocycles. The van der Waals surface area contributed by atoms with Gasteiger partial charge in [-0.15, -0.1) is 0 Å². The summed E-state index contributed by atoms with van der Waals surface area (Å²) in [6.07, 6.45) is 2.04. The van der Waals surface area contributed by atoms with E-state index in [2.05, 4.69) is 6.92 Å². The summed E-state index contributed by atoms with van der Waals surface area (Å²) < 4.78 is 0. The minimum atomic E-state index is 0. The minimum absolute atomic E-state index is 0. The summed E-state index contributed by atoms with van der Waals surface area (Å²) in [7, 11) is 0. The van der Waals surface area contributed by atoms with Crippen LogP contribution in [0, 0.1) is 0 Å². The molecule has 40 valence electrons. The number of hydrogen-bond acceptors (Lipinski definition) is 1. The van der Waals surface area contributed by atoms with Crippen molar-refractivity contribution in [3.8, 4) is 0 Å². The summed E-state index contributed by atoms with van der Waals surface area (Å²) in [5, 5.41) is 8.07. The van der Waals surface area contributed by atoms with Crippen molar-refractivity contribution in [1.29, 1.82) is 0 Å². The van der Waals surface area contributed by atoms with Crippen molar-refractivity contribution < 1.29 is 5.11 Å². The number of aliphatic hydroxyl groups is 1. The predicted molar refractivity (Wildman–Crippen MR) is 33.1 cm³/mol. The average Bonchev–Trinajstić information content (AvgIpc) is 1.41. The topological polar surface area (TPSA) is 20.2 Å². The monoisotopic (exact) mass is 108 g/mol. The van der Waals surface area contributed by atoms with Crippen molar-refractivity contribution in [1.82, 2.24) is 0 Å². The first-order chi connectivity index (χ1) is 2.41. The molecule has 0 rings (SSSR count). The zero-order valence-corrected chi connectivity index (χ0v) is 5.69. The molecule has 0 bridgehead atoms. The molecule has 0 aliphatic rings. The summed E-state index contributed by atoms with van der Waals surface area (Å²) in [5.41, 5.74) is 0. The summed E-state index contributed by atoms with van der Waals surface area (Å²) >= 11 is 0. The van der Waals surface area contributed by atoms with E-state index in [1.165, 1.54) is 0 Å². The normalized spacial score (nSPS) is 7.00. The van der Waals surface area contributed by atoms with Crippen LogP contribution in [-0.4, -0.2) is 11.7 Å². The molecule has 0 fully saturated rings. The Balaban J connectivity index is 0. The molecule has 0 saturated carbocycles. The first kappa shape index (κ1) is 9.63. The fraction of sp³-hybridized carbons (Fsp3) is 1.00. The molecule has 1 unspecified atom stereocenters. The minimum Gasteiger partial charge on any atom is -0.396 e. The Bertz CT molecular complexity index is 15.0. The van der Waals surface area contributed by atoms with E-state index in [4.69, 9.17) is 5.11 Å². The van der Waals surface area contributed by atoms with Crippen LogP contribution in [0.4, 0.5) is 0 Å². The summed E-state index contributed by atoms with van der Waals surface area (Å²) in [6, 6.07) is 0. The molecule has 0 aromatic carbocycles. The second-order valence-corrected chi connectivity index (χ2v) is 1.08. The van der Waals surface area contributed by atoms with Crippen molar-refractivity contribution >= 4 is 9.90 Å². The van der Waals surface area contributed by atoms with Gasteiger partial charge < -0.3 is 5.11 Å². The first-order valence-electron chi connectivity index (χ1n) is 2.02. The van der Waals surface area contributed by atoms with Gasteiger partial charge in [-0.05, 0) is 6.42 Å². The van der Waals surface area contributed by atoms with Gasteiger partial charge in [-0.1, -0.05) is 13.3 Å². The molecule has 1 N–H and O–H groups in total. The molecule has 0 radical (unpaired) electrons. The van der Waals surface area contributed by atoms with Crippen LogP contribution in [0.1, 0.15) is 19.8 Å². The molecule has 0 saturated heterocycles. The molecule has 1 nitrogen and oxygen atoms in total. The van der Waals surface area contributed by atoms with Crippen LogP contribution in [0.3, 0.4) is 0 Å². The molecule has 0 heterocycles. The number of rotatable bonds is 2. The molecule has 1 atom stereocenters. The lowest BCUT2D eigenvalue weighted by Crippen LogP contribution is -1.75. The maximum atomic E-state index is 8.07. The number of hydrogen-bond donors (Lipinski definition) is 1. The third-order valence-electron chi connectivity index (χ3n) is 0.512. The van der Waals surface area contributed by atoms with Gasteiger partial charge in [-0.3, -0.25) is 0 Å². The summed E-state index contributed by atoms with van der Waals surface area (Å²) in [5.74, 6) is 0. The molecular weight excluding hydrogens is 95.0 g/mol. The van der Waals surface area contributed by atoms with Crippen LogP contribution < -0.4 is 0 Å². The lowest BCUT2D eigenvalue weighted by Gasteiger charge is -1.79. The van der Waals surface area contributed by atoms with Gasteiger partial charge in [-0.25, -0.2) is 0 Å². The zero-order valence-electron chi connectivity index (χ0n) is 4.28. The molecule has 0 spiro atoms. The van der Waals surface area contributed by atoms with Gasteiger partial charge in [0.05, 0.1) is 0 Å². The van der Waals surface area contributed by atoms with Gasteiger partial charge in [0.15, 0.2) is 0 Å². The molecule has 0 amide bonds. The molecule has 0 aromatic rings. The maximum absolute atomic E-state index is 8.07. The molecule has 0 aliphatic heterocycles. The Kier molecular flexibility index (Phi) is 14.5. The van der Waals surface area contributed by atoms with E-state index >= 15 is 0 Å². The highest BCUT2D eigenvalue weighted by Crippen LogP contribution is 1.78. The van der Waals surface area contributed by atoms with Gasteiger partial charge in [0.25, 0.3) is 0 Å². The third kappa shape index (κ3) is 8.83. The third-order valence-corrected chi connectivity index (χ3v) is 0.512. The Morgan fingerprint density at radius 1 is 1.50 bits per heavy atom. The maximum Gasteiger partial charge on any atom is 0.0430 e.